The van der Waals surface area contributed by atoms with Gasteiger partial charge in [-0.15, -0.1) is 0 Å². The first-order valence-corrected chi connectivity index (χ1v) is 12.3. The Kier molecular flexibility index (Phi) is 6.92. The van der Waals surface area contributed by atoms with E-state index in [1.54, 1.807) is 29.9 Å². The molecule has 0 unspecified atom stereocenters. The molecule has 0 aliphatic heterocycles. The van der Waals surface area contributed by atoms with E-state index in [0.29, 0.717) is 46.5 Å². The first kappa shape index (κ1) is 25.5. The zero-order chi connectivity index (χ0) is 26.9. The minimum Gasteiger partial charge on any atom is -0.497 e. The lowest BCUT2D eigenvalue weighted by atomic mass is 9.83. The van der Waals surface area contributed by atoms with E-state index in [4.69, 9.17) is 4.74 Å². The number of imidazole rings is 1. The maximum atomic E-state index is 13.1. The molecule has 2 heterocycles. The summed E-state index contributed by atoms with van der Waals surface area (Å²) in [4.78, 5) is 24.9. The van der Waals surface area contributed by atoms with Gasteiger partial charge in [0, 0.05) is 18.7 Å². The summed E-state index contributed by atoms with van der Waals surface area (Å²) in [5.41, 5.74) is 1.18. The number of carbonyl (C=O) groups is 1. The molecule has 2 N–H and O–H groups in total. The second kappa shape index (κ2) is 10.3. The second-order valence-corrected chi connectivity index (χ2v) is 9.33. The van der Waals surface area contributed by atoms with E-state index < -0.39 is 17.7 Å². The highest BCUT2D eigenvalue weighted by molar-refractivity contribution is 5.92. The van der Waals surface area contributed by atoms with Gasteiger partial charge in [-0.2, -0.15) is 13.2 Å². The van der Waals surface area contributed by atoms with Crippen LogP contribution in [0.2, 0.25) is 0 Å². The predicted molar refractivity (Wildman–Crippen MR) is 135 cm³/mol. The Morgan fingerprint density at radius 3 is 2.53 bits per heavy atom. The number of halogens is 3. The summed E-state index contributed by atoms with van der Waals surface area (Å²) in [6.07, 6.45) is 0.0454. The monoisotopic (exact) mass is 525 g/mol. The number of rotatable bonds is 9. The summed E-state index contributed by atoms with van der Waals surface area (Å²) in [5.74, 6) is 0.321. The number of ether oxygens (including phenoxy) is 1. The lowest BCUT2D eigenvalue weighted by molar-refractivity contribution is -0.137. The molecule has 2 aromatic heterocycles. The highest BCUT2D eigenvalue weighted by Crippen LogP contribution is 2.33. The molecule has 1 aliphatic carbocycles. The van der Waals surface area contributed by atoms with E-state index in [2.05, 4.69) is 20.3 Å². The minimum atomic E-state index is -4.44. The fourth-order valence-corrected chi connectivity index (χ4v) is 4.55. The van der Waals surface area contributed by atoms with Crippen molar-refractivity contribution in [3.63, 3.8) is 0 Å². The molecule has 0 bridgehead atoms. The number of methoxy groups -OCH3 is 1. The normalized spacial score (nSPS) is 13.9. The van der Waals surface area contributed by atoms with E-state index in [0.717, 1.165) is 18.6 Å². The Morgan fingerprint density at radius 1 is 1.13 bits per heavy atom. The predicted octanol–water partition coefficient (Wildman–Crippen LogP) is 5.87. The fourth-order valence-electron chi connectivity index (χ4n) is 4.55. The number of nitrogens with zero attached hydrogens (tertiary/aromatic N) is 4. The average Bonchev–Trinajstić information content (AvgIpc) is 3.23. The molecule has 0 spiro atoms. The summed E-state index contributed by atoms with van der Waals surface area (Å²) in [7, 11) is 1.54. The number of anilines is 1. The van der Waals surface area contributed by atoms with Crippen molar-refractivity contribution in [3.8, 4) is 17.1 Å². The number of alkyl halides is 3. The minimum absolute atomic E-state index is 0.161. The van der Waals surface area contributed by atoms with Gasteiger partial charge in [0.15, 0.2) is 11.5 Å². The second-order valence-electron chi connectivity index (χ2n) is 9.33. The van der Waals surface area contributed by atoms with Crippen LogP contribution in [-0.4, -0.2) is 44.2 Å². The summed E-state index contributed by atoms with van der Waals surface area (Å²) >= 11 is 0. The third-order valence-electron chi connectivity index (χ3n) is 6.81. The van der Waals surface area contributed by atoms with Crippen molar-refractivity contribution in [2.45, 2.75) is 38.4 Å². The summed E-state index contributed by atoms with van der Waals surface area (Å²) < 4.78 is 46.5. The van der Waals surface area contributed by atoms with Gasteiger partial charge in [-0.3, -0.25) is 0 Å². The van der Waals surface area contributed by atoms with Gasteiger partial charge >= 0.3 is 12.1 Å². The molecular formula is C27H26F3N5O3. The third kappa shape index (κ3) is 5.27. The van der Waals surface area contributed by atoms with E-state index in [-0.39, 0.29) is 18.0 Å². The van der Waals surface area contributed by atoms with E-state index in [1.165, 1.54) is 31.4 Å². The van der Waals surface area contributed by atoms with Crippen LogP contribution in [0.4, 0.5) is 19.0 Å². The van der Waals surface area contributed by atoms with Crippen molar-refractivity contribution in [1.29, 1.82) is 0 Å². The molecule has 4 aromatic rings. The highest BCUT2D eigenvalue weighted by atomic mass is 19.4. The smallest absolute Gasteiger partial charge is 0.416 e. The van der Waals surface area contributed by atoms with Crippen molar-refractivity contribution in [2.75, 3.05) is 19.0 Å². The number of hydrogen-bond donors (Lipinski definition) is 2. The number of fused-ring (bicyclic) bond motifs is 1. The summed E-state index contributed by atoms with van der Waals surface area (Å²) in [6.45, 7) is 0.754. The number of benzene rings is 2. The van der Waals surface area contributed by atoms with Crippen molar-refractivity contribution in [1.82, 2.24) is 19.5 Å². The summed E-state index contributed by atoms with van der Waals surface area (Å²) in [6, 6.07) is 12.1. The molecule has 1 fully saturated rings. The van der Waals surface area contributed by atoms with Gasteiger partial charge in [0.05, 0.1) is 12.7 Å². The number of hydrogen-bond acceptors (Lipinski definition) is 6. The van der Waals surface area contributed by atoms with Crippen molar-refractivity contribution >= 4 is 23.0 Å². The number of aromatic nitrogens is 4. The lowest BCUT2D eigenvalue weighted by Crippen LogP contribution is -2.17. The first-order chi connectivity index (χ1) is 18.2. The molecule has 38 heavy (non-hydrogen) atoms. The Balaban J connectivity index is 1.63. The fraction of sp³-hybridized carbons (Fsp3) is 0.333. The SMILES string of the molecule is COc1cccc(-c2nc3nc(C(=O)O)nc(NCCC4CCC4)c3n2Cc2ccc(C(F)(F)F)cc2)c1. The number of aromatic carboxylic acids is 1. The Bertz CT molecular complexity index is 1460. The molecule has 2 aromatic carbocycles. The van der Waals surface area contributed by atoms with Gasteiger partial charge < -0.3 is 19.7 Å². The zero-order valence-electron chi connectivity index (χ0n) is 20.6. The van der Waals surface area contributed by atoms with Crippen LogP contribution >= 0.6 is 0 Å². The van der Waals surface area contributed by atoms with Crippen LogP contribution in [0.5, 0.6) is 5.75 Å². The Labute approximate surface area is 216 Å². The molecule has 198 valence electrons. The van der Waals surface area contributed by atoms with Crippen LogP contribution in [0.3, 0.4) is 0 Å². The molecule has 8 nitrogen and oxygen atoms in total. The van der Waals surface area contributed by atoms with Crippen LogP contribution < -0.4 is 10.1 Å². The van der Waals surface area contributed by atoms with Crippen LogP contribution in [0.25, 0.3) is 22.6 Å². The van der Waals surface area contributed by atoms with Gasteiger partial charge in [-0.25, -0.2) is 19.7 Å². The van der Waals surface area contributed by atoms with Crippen LogP contribution in [0.1, 0.15) is 47.4 Å². The molecular weight excluding hydrogens is 499 g/mol. The number of carboxylic acids is 1. The lowest BCUT2D eigenvalue weighted by Gasteiger charge is -2.25. The van der Waals surface area contributed by atoms with Gasteiger partial charge in [-0.1, -0.05) is 43.5 Å². The maximum Gasteiger partial charge on any atom is 0.416 e. The average molecular weight is 526 g/mol. The number of nitrogens with one attached hydrogen (secondary N) is 1. The number of carboxylic acid groups (broad SMARTS) is 1. The molecule has 0 saturated heterocycles. The van der Waals surface area contributed by atoms with Crippen LogP contribution in [-0.2, 0) is 12.7 Å². The highest BCUT2D eigenvalue weighted by Gasteiger charge is 2.30. The molecule has 5 rings (SSSR count). The van der Waals surface area contributed by atoms with Gasteiger partial charge in [0.25, 0.3) is 0 Å². The third-order valence-corrected chi connectivity index (χ3v) is 6.81. The maximum absolute atomic E-state index is 13.1. The molecule has 0 radical (unpaired) electrons. The van der Waals surface area contributed by atoms with Crippen molar-refractivity contribution in [2.24, 2.45) is 5.92 Å². The molecule has 0 atom stereocenters. The van der Waals surface area contributed by atoms with E-state index >= 15 is 0 Å². The van der Waals surface area contributed by atoms with E-state index in [9.17, 15) is 23.1 Å². The Morgan fingerprint density at radius 2 is 1.89 bits per heavy atom. The standard InChI is InChI=1S/C27H26F3N5O3/c1-38-20-7-3-6-18(14-20)25-34-23-21(35(25)15-17-8-10-19(11-9-17)27(28,29)30)22(32-24(33-23)26(36)37)31-13-12-16-4-2-5-16/h3,6-11,14,16H,2,4-5,12-13,15H2,1H3,(H,36,37)(H,31,32,33). The largest absolute Gasteiger partial charge is 0.497 e. The van der Waals surface area contributed by atoms with E-state index in [1.807, 2.05) is 6.07 Å². The van der Waals surface area contributed by atoms with Crippen LogP contribution in [0, 0.1) is 5.92 Å². The summed E-state index contributed by atoms with van der Waals surface area (Å²) in [5, 5.41) is 12.9. The molecule has 11 heteroatoms. The topological polar surface area (TPSA) is 102 Å². The van der Waals surface area contributed by atoms with Crippen molar-refractivity contribution in [3.05, 3.63) is 65.5 Å². The Hall–Kier alpha value is -4.15. The van der Waals surface area contributed by atoms with Gasteiger partial charge in [0.2, 0.25) is 5.82 Å². The molecule has 0 amide bonds. The molecule has 1 aliphatic rings. The van der Waals surface area contributed by atoms with Gasteiger partial charge in [0.1, 0.15) is 17.1 Å². The first-order valence-electron chi connectivity index (χ1n) is 12.3. The van der Waals surface area contributed by atoms with Crippen LogP contribution in [0.15, 0.2) is 48.5 Å². The van der Waals surface area contributed by atoms with Gasteiger partial charge in [-0.05, 0) is 42.2 Å². The molecule has 1 saturated carbocycles. The van der Waals surface area contributed by atoms with Crippen molar-refractivity contribution < 1.29 is 27.8 Å². The quantitative estimate of drug-likeness (QED) is 0.282. The zero-order valence-corrected chi connectivity index (χ0v) is 20.6.